The molecule has 0 radical (unpaired) electrons. The van der Waals surface area contributed by atoms with Gasteiger partial charge in [-0.25, -0.2) is 0 Å². The molecule has 1 N–H and O–H groups in total. The van der Waals surface area contributed by atoms with Crippen LogP contribution in [0, 0.1) is 0 Å². The van der Waals surface area contributed by atoms with Gasteiger partial charge in [-0.1, -0.05) is 25.1 Å². The van der Waals surface area contributed by atoms with Crippen molar-refractivity contribution in [1.29, 1.82) is 0 Å². The Hall–Kier alpha value is -1.06. The van der Waals surface area contributed by atoms with E-state index in [4.69, 9.17) is 4.74 Å². The van der Waals surface area contributed by atoms with Crippen molar-refractivity contribution in [2.75, 3.05) is 32.8 Å². The molecule has 3 heteroatoms. The van der Waals surface area contributed by atoms with Crippen molar-refractivity contribution < 1.29 is 4.74 Å². The predicted molar refractivity (Wildman–Crippen MR) is 87.1 cm³/mol. The monoisotopic (exact) mass is 288 g/mol. The number of fused-ring (bicyclic) bond motifs is 1. The summed E-state index contributed by atoms with van der Waals surface area (Å²) in [6.45, 7) is 8.01. The number of nitrogens with zero attached hydrogens (tertiary/aromatic N) is 1. The van der Waals surface area contributed by atoms with Crippen LogP contribution in [0.3, 0.4) is 0 Å². The van der Waals surface area contributed by atoms with Gasteiger partial charge in [-0.3, -0.25) is 0 Å². The molecule has 0 spiro atoms. The first-order valence-electron chi connectivity index (χ1n) is 8.54. The lowest BCUT2D eigenvalue weighted by atomic mass is 9.92. The van der Waals surface area contributed by atoms with Crippen LogP contribution >= 0.6 is 0 Å². The lowest BCUT2D eigenvalue weighted by Gasteiger charge is -2.34. The van der Waals surface area contributed by atoms with Crippen molar-refractivity contribution in [2.45, 2.75) is 44.6 Å². The van der Waals surface area contributed by atoms with E-state index in [9.17, 15) is 0 Å². The summed E-state index contributed by atoms with van der Waals surface area (Å²) in [7, 11) is 0. The van der Waals surface area contributed by atoms with E-state index in [1.165, 1.54) is 44.5 Å². The SMILES string of the molecule is CCCN1CCC(NCC2CCOc3ccccc32)CC1. The fraction of sp³-hybridized carbons (Fsp3) is 0.667. The van der Waals surface area contributed by atoms with Crippen LogP contribution < -0.4 is 10.1 Å². The van der Waals surface area contributed by atoms with E-state index in [0.717, 1.165) is 25.3 Å². The zero-order valence-electron chi connectivity index (χ0n) is 13.2. The molecule has 1 fully saturated rings. The highest BCUT2D eigenvalue weighted by Gasteiger charge is 2.23. The van der Waals surface area contributed by atoms with Crippen LogP contribution in [-0.4, -0.2) is 43.7 Å². The van der Waals surface area contributed by atoms with E-state index < -0.39 is 0 Å². The maximum atomic E-state index is 5.75. The van der Waals surface area contributed by atoms with Crippen molar-refractivity contribution in [3.63, 3.8) is 0 Å². The third kappa shape index (κ3) is 3.78. The molecule has 0 amide bonds. The fourth-order valence-electron chi connectivity index (χ4n) is 3.61. The average Bonchev–Trinajstić information content (AvgIpc) is 2.54. The molecule has 3 rings (SSSR count). The second-order valence-electron chi connectivity index (χ2n) is 6.40. The Kier molecular flexibility index (Phi) is 5.15. The number of hydrogen-bond acceptors (Lipinski definition) is 3. The van der Waals surface area contributed by atoms with Gasteiger partial charge >= 0.3 is 0 Å². The highest BCUT2D eigenvalue weighted by Crippen LogP contribution is 2.32. The van der Waals surface area contributed by atoms with Crippen LogP contribution in [0.1, 0.15) is 44.1 Å². The van der Waals surface area contributed by atoms with E-state index in [-0.39, 0.29) is 0 Å². The second kappa shape index (κ2) is 7.28. The number of nitrogens with one attached hydrogen (secondary N) is 1. The Morgan fingerprint density at radius 3 is 2.81 bits per heavy atom. The first-order valence-corrected chi connectivity index (χ1v) is 8.54. The normalized spacial score (nSPS) is 23.6. The van der Waals surface area contributed by atoms with Crippen molar-refractivity contribution in [2.24, 2.45) is 0 Å². The zero-order valence-corrected chi connectivity index (χ0v) is 13.2. The Bertz CT molecular complexity index is 441. The van der Waals surface area contributed by atoms with Gasteiger partial charge in [0, 0.05) is 18.5 Å². The van der Waals surface area contributed by atoms with Gasteiger partial charge in [-0.05, 0) is 56.9 Å². The number of benzene rings is 1. The minimum Gasteiger partial charge on any atom is -0.493 e. The number of para-hydroxylation sites is 1. The first-order chi connectivity index (χ1) is 10.4. The van der Waals surface area contributed by atoms with Crippen LogP contribution in [-0.2, 0) is 0 Å². The third-order valence-corrected chi connectivity index (χ3v) is 4.86. The summed E-state index contributed by atoms with van der Waals surface area (Å²) in [6.07, 6.45) is 5.01. The highest BCUT2D eigenvalue weighted by atomic mass is 16.5. The van der Waals surface area contributed by atoms with Crippen LogP contribution in [0.2, 0.25) is 0 Å². The van der Waals surface area contributed by atoms with Crippen LogP contribution in [0.25, 0.3) is 0 Å². The molecule has 1 unspecified atom stereocenters. The van der Waals surface area contributed by atoms with E-state index in [1.54, 1.807) is 0 Å². The Balaban J connectivity index is 1.48. The van der Waals surface area contributed by atoms with Crippen LogP contribution in [0.15, 0.2) is 24.3 Å². The number of likely N-dealkylation sites (tertiary alicyclic amines) is 1. The highest BCUT2D eigenvalue weighted by molar-refractivity contribution is 5.37. The predicted octanol–water partition coefficient (Wildman–Crippen LogP) is 3.02. The molecule has 116 valence electrons. The zero-order chi connectivity index (χ0) is 14.5. The summed E-state index contributed by atoms with van der Waals surface area (Å²) in [5.41, 5.74) is 1.39. The van der Waals surface area contributed by atoms with Crippen molar-refractivity contribution in [3.05, 3.63) is 29.8 Å². The molecule has 0 saturated carbocycles. The Labute approximate surface area is 128 Å². The van der Waals surface area contributed by atoms with Gasteiger partial charge in [-0.15, -0.1) is 0 Å². The summed E-state index contributed by atoms with van der Waals surface area (Å²) in [4.78, 5) is 2.60. The summed E-state index contributed by atoms with van der Waals surface area (Å²) in [5, 5.41) is 3.81. The molecule has 3 nitrogen and oxygen atoms in total. The van der Waals surface area contributed by atoms with Crippen LogP contribution in [0.5, 0.6) is 5.75 Å². The molecule has 0 bridgehead atoms. The second-order valence-corrected chi connectivity index (χ2v) is 6.40. The van der Waals surface area contributed by atoms with E-state index >= 15 is 0 Å². The molecular formula is C18H28N2O. The molecule has 2 heterocycles. The summed E-state index contributed by atoms with van der Waals surface area (Å²) in [6, 6.07) is 9.23. The Morgan fingerprint density at radius 1 is 1.19 bits per heavy atom. The summed E-state index contributed by atoms with van der Waals surface area (Å²) in [5.74, 6) is 1.71. The van der Waals surface area contributed by atoms with Crippen molar-refractivity contribution in [1.82, 2.24) is 10.2 Å². The van der Waals surface area contributed by atoms with Crippen molar-refractivity contribution >= 4 is 0 Å². The molecule has 1 aromatic rings. The van der Waals surface area contributed by atoms with Gasteiger partial charge < -0.3 is 15.0 Å². The lowest BCUT2D eigenvalue weighted by molar-refractivity contribution is 0.194. The maximum Gasteiger partial charge on any atom is 0.122 e. The smallest absolute Gasteiger partial charge is 0.122 e. The standard InChI is InChI=1S/C18H28N2O/c1-2-10-20-11-7-16(8-12-20)19-14-15-9-13-21-18-6-4-3-5-17(15)18/h3-6,15-16,19H,2,7-14H2,1H3. The quantitative estimate of drug-likeness (QED) is 0.901. The minimum absolute atomic E-state index is 0.614. The molecule has 21 heavy (non-hydrogen) atoms. The van der Waals surface area contributed by atoms with Gasteiger partial charge in [-0.2, -0.15) is 0 Å². The third-order valence-electron chi connectivity index (χ3n) is 4.86. The largest absolute Gasteiger partial charge is 0.493 e. The Morgan fingerprint density at radius 2 is 2.00 bits per heavy atom. The number of piperidine rings is 1. The minimum atomic E-state index is 0.614. The van der Waals surface area contributed by atoms with Gasteiger partial charge in [0.25, 0.3) is 0 Å². The molecular weight excluding hydrogens is 260 g/mol. The summed E-state index contributed by atoms with van der Waals surface area (Å²) >= 11 is 0. The average molecular weight is 288 g/mol. The fourth-order valence-corrected chi connectivity index (χ4v) is 3.61. The van der Waals surface area contributed by atoms with E-state index in [0.29, 0.717) is 12.0 Å². The van der Waals surface area contributed by atoms with Crippen molar-refractivity contribution in [3.8, 4) is 5.75 Å². The molecule has 2 aliphatic rings. The molecule has 0 aliphatic carbocycles. The van der Waals surface area contributed by atoms with E-state index in [1.807, 2.05) is 0 Å². The van der Waals surface area contributed by atoms with Crippen LogP contribution in [0.4, 0.5) is 0 Å². The topological polar surface area (TPSA) is 24.5 Å². The lowest BCUT2D eigenvalue weighted by Crippen LogP contribution is -2.44. The van der Waals surface area contributed by atoms with E-state index in [2.05, 4.69) is 41.4 Å². The molecule has 0 aromatic heterocycles. The molecule has 1 aromatic carbocycles. The number of rotatable bonds is 5. The molecule has 2 aliphatic heterocycles. The first kappa shape index (κ1) is 14.9. The molecule has 1 saturated heterocycles. The van der Waals surface area contributed by atoms with Gasteiger partial charge in [0.1, 0.15) is 5.75 Å². The molecule has 1 atom stereocenters. The number of ether oxygens (including phenoxy) is 1. The van der Waals surface area contributed by atoms with Gasteiger partial charge in [0.05, 0.1) is 6.61 Å². The van der Waals surface area contributed by atoms with Gasteiger partial charge in [0.2, 0.25) is 0 Å². The number of hydrogen-bond donors (Lipinski definition) is 1. The maximum absolute atomic E-state index is 5.75. The summed E-state index contributed by atoms with van der Waals surface area (Å²) < 4.78 is 5.75. The van der Waals surface area contributed by atoms with Gasteiger partial charge in [0.15, 0.2) is 0 Å².